The first-order valence-corrected chi connectivity index (χ1v) is 6.24. The Kier molecular flexibility index (Phi) is 7.11. The zero-order valence-electron chi connectivity index (χ0n) is 11.2. The van der Waals surface area contributed by atoms with Gasteiger partial charge in [-0.05, 0) is 46.5 Å². The van der Waals surface area contributed by atoms with Crippen LogP contribution in [0.15, 0.2) is 12.7 Å². The number of esters is 1. The van der Waals surface area contributed by atoms with Crippen LogP contribution < -0.4 is 0 Å². The first kappa shape index (κ1) is 15.2. The van der Waals surface area contributed by atoms with Crippen LogP contribution in [0.4, 0.5) is 0 Å². The molecule has 2 nitrogen and oxygen atoms in total. The lowest BCUT2D eigenvalue weighted by Gasteiger charge is -2.23. The summed E-state index contributed by atoms with van der Waals surface area (Å²) in [6.07, 6.45) is 6.94. The van der Waals surface area contributed by atoms with Crippen LogP contribution in [0, 0.1) is 5.92 Å². The van der Waals surface area contributed by atoms with Gasteiger partial charge in [0.15, 0.2) is 0 Å². The molecule has 0 fully saturated rings. The van der Waals surface area contributed by atoms with Crippen molar-refractivity contribution in [3.63, 3.8) is 0 Å². The fraction of sp³-hybridized carbons (Fsp3) is 0.786. The maximum atomic E-state index is 11.8. The molecule has 94 valence electrons. The lowest BCUT2D eigenvalue weighted by molar-refractivity contribution is -0.160. The number of rotatable bonds is 7. The quantitative estimate of drug-likeness (QED) is 0.371. The standard InChI is InChI=1S/C14H26O2/c1-6-8-9-10-11-12(7-2)13(15)16-14(3,4)5/h6,12H,1,7-11H2,2-5H3. The Morgan fingerprint density at radius 1 is 1.38 bits per heavy atom. The van der Waals surface area contributed by atoms with Gasteiger partial charge in [0.25, 0.3) is 0 Å². The third-order valence-corrected chi connectivity index (χ3v) is 2.44. The van der Waals surface area contributed by atoms with Crippen LogP contribution in [0.25, 0.3) is 0 Å². The van der Waals surface area contributed by atoms with Gasteiger partial charge in [0.2, 0.25) is 0 Å². The average Bonchev–Trinajstić information content (AvgIpc) is 2.15. The summed E-state index contributed by atoms with van der Waals surface area (Å²) in [5.41, 5.74) is -0.369. The van der Waals surface area contributed by atoms with Gasteiger partial charge in [0.1, 0.15) is 5.60 Å². The third-order valence-electron chi connectivity index (χ3n) is 2.44. The van der Waals surface area contributed by atoms with E-state index in [4.69, 9.17) is 4.74 Å². The molecule has 0 N–H and O–H groups in total. The monoisotopic (exact) mass is 226 g/mol. The van der Waals surface area contributed by atoms with Gasteiger partial charge in [-0.15, -0.1) is 6.58 Å². The lowest BCUT2D eigenvalue weighted by Crippen LogP contribution is -2.28. The zero-order chi connectivity index (χ0) is 12.6. The molecule has 0 rings (SSSR count). The van der Waals surface area contributed by atoms with Crippen molar-refractivity contribution in [2.75, 3.05) is 0 Å². The van der Waals surface area contributed by atoms with Gasteiger partial charge in [-0.3, -0.25) is 4.79 Å². The van der Waals surface area contributed by atoms with Crippen LogP contribution >= 0.6 is 0 Å². The molecule has 1 atom stereocenters. The van der Waals surface area contributed by atoms with Crippen LogP contribution in [-0.2, 0) is 9.53 Å². The van der Waals surface area contributed by atoms with Crippen molar-refractivity contribution in [3.8, 4) is 0 Å². The minimum absolute atomic E-state index is 0.0476. The summed E-state index contributed by atoms with van der Waals surface area (Å²) in [7, 11) is 0. The highest BCUT2D eigenvalue weighted by molar-refractivity contribution is 5.72. The van der Waals surface area contributed by atoms with Gasteiger partial charge in [-0.2, -0.15) is 0 Å². The predicted octanol–water partition coefficient (Wildman–Crippen LogP) is 4.10. The minimum Gasteiger partial charge on any atom is -0.460 e. The number of ether oxygens (including phenoxy) is 1. The summed E-state index contributed by atoms with van der Waals surface area (Å²) in [6.45, 7) is 11.5. The van der Waals surface area contributed by atoms with Gasteiger partial charge in [0, 0.05) is 0 Å². The van der Waals surface area contributed by atoms with Gasteiger partial charge >= 0.3 is 5.97 Å². The Hall–Kier alpha value is -0.790. The molecule has 0 bridgehead atoms. The van der Waals surface area contributed by atoms with Gasteiger partial charge in [-0.1, -0.05) is 19.4 Å². The van der Waals surface area contributed by atoms with Crippen molar-refractivity contribution in [2.24, 2.45) is 5.92 Å². The fourth-order valence-corrected chi connectivity index (χ4v) is 1.55. The fourth-order valence-electron chi connectivity index (χ4n) is 1.55. The van der Waals surface area contributed by atoms with E-state index in [0.29, 0.717) is 0 Å². The van der Waals surface area contributed by atoms with Gasteiger partial charge in [-0.25, -0.2) is 0 Å². The summed E-state index contributed by atoms with van der Waals surface area (Å²) in [6, 6.07) is 0. The smallest absolute Gasteiger partial charge is 0.309 e. The molecule has 0 saturated carbocycles. The Morgan fingerprint density at radius 3 is 2.44 bits per heavy atom. The van der Waals surface area contributed by atoms with Gasteiger partial charge in [0.05, 0.1) is 5.92 Å². The molecule has 0 aromatic heterocycles. The van der Waals surface area contributed by atoms with Gasteiger partial charge < -0.3 is 4.74 Å². The molecule has 0 aromatic rings. The van der Waals surface area contributed by atoms with E-state index >= 15 is 0 Å². The highest BCUT2D eigenvalue weighted by Gasteiger charge is 2.23. The molecule has 0 radical (unpaired) electrons. The minimum atomic E-state index is -0.369. The van der Waals surface area contributed by atoms with E-state index < -0.39 is 0 Å². The molecule has 0 spiro atoms. The number of hydrogen-bond donors (Lipinski definition) is 0. The molecule has 2 heteroatoms. The molecule has 0 saturated heterocycles. The molecular weight excluding hydrogens is 200 g/mol. The van der Waals surface area contributed by atoms with E-state index in [0.717, 1.165) is 32.1 Å². The Morgan fingerprint density at radius 2 is 2.00 bits per heavy atom. The van der Waals surface area contributed by atoms with E-state index in [1.807, 2.05) is 33.8 Å². The van der Waals surface area contributed by atoms with Crippen LogP contribution in [-0.4, -0.2) is 11.6 Å². The molecule has 0 aliphatic rings. The molecule has 0 heterocycles. The first-order chi connectivity index (χ1) is 7.40. The summed E-state index contributed by atoms with van der Waals surface area (Å²) in [4.78, 5) is 11.8. The van der Waals surface area contributed by atoms with Crippen LogP contribution in [0.3, 0.4) is 0 Å². The number of carbonyl (C=O) groups excluding carboxylic acids is 1. The largest absolute Gasteiger partial charge is 0.460 e. The van der Waals surface area contributed by atoms with Crippen molar-refractivity contribution < 1.29 is 9.53 Å². The summed E-state index contributed by atoms with van der Waals surface area (Å²) in [5.74, 6) is 0.0117. The molecule has 0 amide bonds. The molecule has 0 aromatic carbocycles. The average molecular weight is 226 g/mol. The molecule has 0 aliphatic carbocycles. The van der Waals surface area contributed by atoms with E-state index in [9.17, 15) is 4.79 Å². The lowest BCUT2D eigenvalue weighted by atomic mass is 9.98. The van der Waals surface area contributed by atoms with Crippen LogP contribution in [0.1, 0.15) is 59.8 Å². The van der Waals surface area contributed by atoms with Crippen molar-refractivity contribution in [2.45, 2.75) is 65.4 Å². The number of hydrogen-bond acceptors (Lipinski definition) is 2. The van der Waals surface area contributed by atoms with Crippen molar-refractivity contribution >= 4 is 5.97 Å². The molecular formula is C14H26O2. The van der Waals surface area contributed by atoms with E-state index in [1.54, 1.807) is 0 Å². The summed E-state index contributed by atoms with van der Waals surface area (Å²) >= 11 is 0. The zero-order valence-corrected chi connectivity index (χ0v) is 11.2. The molecule has 16 heavy (non-hydrogen) atoms. The van der Waals surface area contributed by atoms with Crippen LogP contribution in [0.5, 0.6) is 0 Å². The van der Waals surface area contributed by atoms with Crippen molar-refractivity contribution in [3.05, 3.63) is 12.7 Å². The number of carbonyl (C=O) groups is 1. The second-order valence-corrected chi connectivity index (χ2v) is 5.21. The van der Waals surface area contributed by atoms with E-state index in [-0.39, 0.29) is 17.5 Å². The predicted molar refractivity (Wildman–Crippen MR) is 68.3 cm³/mol. The SMILES string of the molecule is C=CCCCCC(CC)C(=O)OC(C)(C)C. The summed E-state index contributed by atoms with van der Waals surface area (Å²) in [5, 5.41) is 0. The first-order valence-electron chi connectivity index (χ1n) is 6.24. The second-order valence-electron chi connectivity index (χ2n) is 5.21. The summed E-state index contributed by atoms with van der Waals surface area (Å²) < 4.78 is 5.39. The Labute approximate surface area is 100 Å². The number of allylic oxidation sites excluding steroid dienone is 1. The van der Waals surface area contributed by atoms with E-state index in [1.165, 1.54) is 0 Å². The Bertz CT molecular complexity index is 213. The van der Waals surface area contributed by atoms with Crippen molar-refractivity contribution in [1.82, 2.24) is 0 Å². The van der Waals surface area contributed by atoms with E-state index in [2.05, 4.69) is 6.58 Å². The highest BCUT2D eigenvalue weighted by atomic mass is 16.6. The topological polar surface area (TPSA) is 26.3 Å². The number of unbranched alkanes of at least 4 members (excludes halogenated alkanes) is 2. The maximum absolute atomic E-state index is 11.8. The van der Waals surface area contributed by atoms with Crippen molar-refractivity contribution in [1.29, 1.82) is 0 Å². The third kappa shape index (κ3) is 7.49. The second kappa shape index (κ2) is 7.48. The molecule has 1 unspecified atom stereocenters. The highest BCUT2D eigenvalue weighted by Crippen LogP contribution is 2.19. The normalized spacial score (nSPS) is 13.2. The maximum Gasteiger partial charge on any atom is 0.309 e. The van der Waals surface area contributed by atoms with Crippen LogP contribution in [0.2, 0.25) is 0 Å². The molecule has 0 aliphatic heterocycles. The Balaban J connectivity index is 3.97.